The lowest BCUT2D eigenvalue weighted by Gasteiger charge is -2.40. The first-order valence-electron chi connectivity index (χ1n) is 9.03. The molecule has 0 saturated carbocycles. The van der Waals surface area contributed by atoms with Crippen LogP contribution in [-0.4, -0.2) is 33.6 Å². The van der Waals surface area contributed by atoms with Crippen molar-refractivity contribution in [3.8, 4) is 0 Å². The maximum Gasteiger partial charge on any atom is 0.105 e. The summed E-state index contributed by atoms with van der Waals surface area (Å²) >= 11 is 0. The summed E-state index contributed by atoms with van der Waals surface area (Å²) in [6.07, 6.45) is 10.5. The molecule has 1 aliphatic heterocycles. The van der Waals surface area contributed by atoms with Crippen LogP contribution in [0.3, 0.4) is 0 Å². The molecule has 23 heavy (non-hydrogen) atoms. The minimum absolute atomic E-state index is 0.509. The second kappa shape index (κ2) is 7.78. The third-order valence-electron chi connectivity index (χ3n) is 5.28. The van der Waals surface area contributed by atoms with E-state index in [4.69, 9.17) is 0 Å². The van der Waals surface area contributed by atoms with Crippen molar-refractivity contribution in [2.75, 3.05) is 13.1 Å². The quantitative estimate of drug-likeness (QED) is 0.795. The normalized spacial score (nSPS) is 20.5. The van der Waals surface area contributed by atoms with Crippen molar-refractivity contribution < 1.29 is 0 Å². The molecule has 3 nitrogen and oxygen atoms in total. The smallest absolute Gasteiger partial charge is 0.105 e. The summed E-state index contributed by atoms with van der Waals surface area (Å²) in [7, 11) is 0. The molecule has 2 unspecified atom stereocenters. The average molecular weight is 311 g/mol. The van der Waals surface area contributed by atoms with Gasteiger partial charge >= 0.3 is 0 Å². The van der Waals surface area contributed by atoms with Crippen molar-refractivity contribution in [3.63, 3.8) is 0 Å². The highest BCUT2D eigenvalue weighted by atomic mass is 15.2. The molecule has 0 N–H and O–H groups in total. The number of aryl methyl sites for hydroxylation is 2. The fraction of sp³-hybridized carbons (Fsp3) is 0.550. The lowest BCUT2D eigenvalue weighted by Crippen LogP contribution is -2.44. The van der Waals surface area contributed by atoms with Gasteiger partial charge in [0.05, 0.1) is 0 Å². The highest BCUT2D eigenvalue weighted by Crippen LogP contribution is 2.27. The molecule has 3 heteroatoms. The van der Waals surface area contributed by atoms with Gasteiger partial charge in [-0.25, -0.2) is 4.98 Å². The van der Waals surface area contributed by atoms with Crippen molar-refractivity contribution in [3.05, 3.63) is 54.1 Å². The zero-order valence-corrected chi connectivity index (χ0v) is 14.5. The Kier molecular flexibility index (Phi) is 5.50. The van der Waals surface area contributed by atoms with E-state index >= 15 is 0 Å². The Morgan fingerprint density at radius 1 is 1.22 bits per heavy atom. The zero-order chi connectivity index (χ0) is 16.1. The topological polar surface area (TPSA) is 21.1 Å². The van der Waals surface area contributed by atoms with Gasteiger partial charge in [0.15, 0.2) is 0 Å². The summed E-state index contributed by atoms with van der Waals surface area (Å²) in [5.74, 6) is 1.13. The van der Waals surface area contributed by atoms with Gasteiger partial charge in [0.25, 0.3) is 0 Å². The number of piperidine rings is 1. The largest absolute Gasteiger partial charge is 0.331 e. The summed E-state index contributed by atoms with van der Waals surface area (Å²) in [4.78, 5) is 7.12. The number of hydrogen-bond donors (Lipinski definition) is 0. The number of benzene rings is 1. The van der Waals surface area contributed by atoms with E-state index in [1.165, 1.54) is 50.8 Å². The molecule has 2 heterocycles. The second-order valence-electron chi connectivity index (χ2n) is 6.81. The first-order valence-corrected chi connectivity index (χ1v) is 9.03. The lowest BCUT2D eigenvalue weighted by molar-refractivity contribution is 0.107. The molecular weight excluding hydrogens is 282 g/mol. The Labute approximate surface area is 140 Å². The third kappa shape index (κ3) is 4.03. The van der Waals surface area contributed by atoms with E-state index in [2.05, 4.69) is 64.8 Å². The van der Waals surface area contributed by atoms with Gasteiger partial charge < -0.3 is 4.57 Å². The van der Waals surface area contributed by atoms with Crippen molar-refractivity contribution in [2.24, 2.45) is 0 Å². The zero-order valence-electron chi connectivity index (χ0n) is 14.5. The summed E-state index contributed by atoms with van der Waals surface area (Å²) in [5.41, 5.74) is 1.46. The molecule has 1 aromatic carbocycles. The van der Waals surface area contributed by atoms with Crippen molar-refractivity contribution >= 4 is 0 Å². The minimum Gasteiger partial charge on any atom is -0.331 e. The summed E-state index contributed by atoms with van der Waals surface area (Å²) in [6, 6.07) is 12.0. The van der Waals surface area contributed by atoms with Gasteiger partial charge in [-0.2, -0.15) is 0 Å². The number of aromatic nitrogens is 2. The first kappa shape index (κ1) is 16.3. The van der Waals surface area contributed by atoms with E-state index < -0.39 is 0 Å². The summed E-state index contributed by atoms with van der Waals surface area (Å²) in [5, 5.41) is 0. The van der Waals surface area contributed by atoms with Gasteiger partial charge in [0.2, 0.25) is 0 Å². The molecule has 1 aromatic heterocycles. The van der Waals surface area contributed by atoms with E-state index in [0.29, 0.717) is 12.1 Å². The van der Waals surface area contributed by atoms with Crippen LogP contribution in [0.15, 0.2) is 42.7 Å². The van der Waals surface area contributed by atoms with E-state index in [0.717, 1.165) is 5.82 Å². The van der Waals surface area contributed by atoms with Crippen molar-refractivity contribution in [1.82, 2.24) is 14.5 Å². The van der Waals surface area contributed by atoms with Crippen LogP contribution in [0, 0.1) is 6.92 Å². The van der Waals surface area contributed by atoms with E-state index in [1.54, 1.807) is 0 Å². The molecule has 0 radical (unpaired) electrons. The van der Waals surface area contributed by atoms with Crippen molar-refractivity contribution in [1.29, 1.82) is 0 Å². The number of likely N-dealkylation sites (tertiary alicyclic amines) is 1. The summed E-state index contributed by atoms with van der Waals surface area (Å²) < 4.78 is 2.35. The standard InChI is InChI=1S/C20H29N3/c1-17(23-16-13-21-18(23)2)20-12-6-7-14-22(20)15-8-11-19-9-4-3-5-10-19/h3-5,9-10,13,16-17,20H,6-8,11-12,14-15H2,1-2H3. The van der Waals surface area contributed by atoms with Crippen LogP contribution in [0.5, 0.6) is 0 Å². The molecule has 3 rings (SSSR count). The predicted molar refractivity (Wildman–Crippen MR) is 95.7 cm³/mol. The van der Waals surface area contributed by atoms with Crippen LogP contribution >= 0.6 is 0 Å². The van der Waals surface area contributed by atoms with Crippen LogP contribution in [0.4, 0.5) is 0 Å². The van der Waals surface area contributed by atoms with Crippen LogP contribution < -0.4 is 0 Å². The Hall–Kier alpha value is -1.61. The molecule has 1 saturated heterocycles. The Balaban J connectivity index is 1.59. The van der Waals surface area contributed by atoms with Gasteiger partial charge in [-0.3, -0.25) is 4.90 Å². The maximum atomic E-state index is 4.40. The van der Waals surface area contributed by atoms with Gasteiger partial charge in [-0.1, -0.05) is 36.8 Å². The number of rotatable bonds is 6. The third-order valence-corrected chi connectivity index (χ3v) is 5.28. The number of hydrogen-bond acceptors (Lipinski definition) is 2. The van der Waals surface area contributed by atoms with Crippen molar-refractivity contribution in [2.45, 2.75) is 58.0 Å². The monoisotopic (exact) mass is 311 g/mol. The molecule has 0 amide bonds. The van der Waals surface area contributed by atoms with E-state index in [9.17, 15) is 0 Å². The van der Waals surface area contributed by atoms with E-state index in [-0.39, 0.29) is 0 Å². The predicted octanol–water partition coefficient (Wildman–Crippen LogP) is 4.24. The molecule has 2 aromatic rings. The fourth-order valence-corrected chi connectivity index (χ4v) is 3.98. The van der Waals surface area contributed by atoms with Crippen LogP contribution in [-0.2, 0) is 6.42 Å². The van der Waals surface area contributed by atoms with Gasteiger partial charge in [0.1, 0.15) is 5.82 Å². The molecular formula is C20H29N3. The SMILES string of the molecule is Cc1nccn1C(C)C1CCCCN1CCCc1ccccc1. The maximum absolute atomic E-state index is 4.40. The van der Waals surface area contributed by atoms with Gasteiger partial charge in [-0.15, -0.1) is 0 Å². The summed E-state index contributed by atoms with van der Waals surface area (Å²) in [6.45, 7) is 6.92. The molecule has 1 aliphatic rings. The highest BCUT2D eigenvalue weighted by molar-refractivity contribution is 5.14. The van der Waals surface area contributed by atoms with Gasteiger partial charge in [-0.05, 0) is 58.2 Å². The molecule has 2 atom stereocenters. The van der Waals surface area contributed by atoms with Crippen LogP contribution in [0.2, 0.25) is 0 Å². The van der Waals surface area contributed by atoms with Crippen LogP contribution in [0.25, 0.3) is 0 Å². The average Bonchev–Trinajstić information content (AvgIpc) is 3.02. The Morgan fingerprint density at radius 2 is 2.04 bits per heavy atom. The first-order chi connectivity index (χ1) is 11.3. The fourth-order valence-electron chi connectivity index (χ4n) is 3.98. The van der Waals surface area contributed by atoms with E-state index in [1.807, 2.05) is 6.20 Å². The minimum atomic E-state index is 0.509. The second-order valence-corrected chi connectivity index (χ2v) is 6.81. The Morgan fingerprint density at radius 3 is 2.78 bits per heavy atom. The molecule has 124 valence electrons. The molecule has 0 bridgehead atoms. The number of nitrogens with zero attached hydrogens (tertiary/aromatic N) is 3. The molecule has 0 aliphatic carbocycles. The van der Waals surface area contributed by atoms with Crippen LogP contribution in [0.1, 0.15) is 50.0 Å². The highest BCUT2D eigenvalue weighted by Gasteiger charge is 2.28. The molecule has 1 fully saturated rings. The number of imidazole rings is 1. The molecule has 0 spiro atoms. The lowest BCUT2D eigenvalue weighted by atomic mass is 9.95. The Bertz CT molecular complexity index is 590. The van der Waals surface area contributed by atoms with Gasteiger partial charge in [0, 0.05) is 24.5 Å².